The second-order valence-electron chi connectivity index (χ2n) is 10.4. The van der Waals surface area contributed by atoms with Crippen molar-refractivity contribution in [3.05, 3.63) is 64.2 Å². The first-order chi connectivity index (χ1) is 16.6. The minimum atomic E-state index is -3.37. The van der Waals surface area contributed by atoms with Gasteiger partial charge in [-0.15, -0.1) is 0 Å². The molecule has 3 aliphatic heterocycles. The molecule has 9 heteroatoms. The standard InChI is InChI=1S/C26H30ClFN2O4Si/c1-15-24(35(2,3)28)22(34-26(15)20-11-18(27)8-9-21(20)29-25(26)33)12-23(32)30-13-17-7-5-4-6-16(17)10-19(30)14-31/h4-9,11,15,19,22,24,31H,10,12-14H2,1-3H3,(H,29,33)/t15-,19+,22+,24-,26+/m1/s1. The molecule has 0 aromatic heterocycles. The van der Waals surface area contributed by atoms with E-state index in [1.54, 1.807) is 36.2 Å². The fourth-order valence-corrected chi connectivity index (χ4v) is 9.04. The predicted octanol–water partition coefficient (Wildman–Crippen LogP) is 4.40. The van der Waals surface area contributed by atoms with Crippen LogP contribution in [0.5, 0.6) is 0 Å². The van der Waals surface area contributed by atoms with Gasteiger partial charge in [0.25, 0.3) is 5.91 Å². The van der Waals surface area contributed by atoms with E-state index in [1.165, 1.54) is 0 Å². The zero-order chi connectivity index (χ0) is 25.1. The first kappa shape index (κ1) is 24.4. The summed E-state index contributed by atoms with van der Waals surface area (Å²) in [6.45, 7) is 5.27. The Labute approximate surface area is 210 Å². The molecular weight excluding hydrogens is 487 g/mol. The van der Waals surface area contributed by atoms with E-state index in [-0.39, 0.29) is 30.9 Å². The second-order valence-corrected chi connectivity index (χ2v) is 14.7. The van der Waals surface area contributed by atoms with Crippen molar-refractivity contribution in [2.75, 3.05) is 11.9 Å². The van der Waals surface area contributed by atoms with Crippen molar-refractivity contribution < 1.29 is 23.5 Å². The highest BCUT2D eigenvalue weighted by molar-refractivity contribution is 6.72. The largest absolute Gasteiger partial charge is 0.394 e. The normalized spacial score (nSPS) is 29.8. The second kappa shape index (κ2) is 8.69. The minimum Gasteiger partial charge on any atom is -0.394 e. The van der Waals surface area contributed by atoms with Gasteiger partial charge in [-0.1, -0.05) is 42.8 Å². The third kappa shape index (κ3) is 3.91. The molecule has 35 heavy (non-hydrogen) atoms. The van der Waals surface area contributed by atoms with Crippen LogP contribution in [0.15, 0.2) is 42.5 Å². The highest BCUT2D eigenvalue weighted by Crippen LogP contribution is 2.59. The highest BCUT2D eigenvalue weighted by Gasteiger charge is 2.65. The number of carbonyl (C=O) groups is 2. The van der Waals surface area contributed by atoms with Crippen molar-refractivity contribution in [1.29, 1.82) is 0 Å². The van der Waals surface area contributed by atoms with E-state index in [1.807, 2.05) is 31.2 Å². The van der Waals surface area contributed by atoms with Crippen LogP contribution in [-0.2, 0) is 32.9 Å². The van der Waals surface area contributed by atoms with Crippen LogP contribution in [-0.4, -0.2) is 49.0 Å². The van der Waals surface area contributed by atoms with Gasteiger partial charge in [-0.05, 0) is 48.8 Å². The predicted molar refractivity (Wildman–Crippen MR) is 134 cm³/mol. The molecule has 0 bridgehead atoms. The van der Waals surface area contributed by atoms with Crippen LogP contribution in [0.3, 0.4) is 0 Å². The minimum absolute atomic E-state index is 0.0566. The Morgan fingerprint density at radius 2 is 2.00 bits per heavy atom. The van der Waals surface area contributed by atoms with Crippen molar-refractivity contribution in [3.8, 4) is 0 Å². The smallest absolute Gasteiger partial charge is 0.261 e. The van der Waals surface area contributed by atoms with Gasteiger partial charge in [0.05, 0.1) is 25.2 Å². The summed E-state index contributed by atoms with van der Waals surface area (Å²) >= 11 is 6.26. The maximum absolute atomic E-state index is 15.8. The van der Waals surface area contributed by atoms with Gasteiger partial charge in [-0.25, -0.2) is 0 Å². The Kier molecular flexibility index (Phi) is 6.07. The SMILES string of the molecule is C[C@@H]1[C@@H]([Si](C)(C)F)[C@H](CC(=O)N2Cc3ccccc3C[C@H]2CO)O[C@@]12C(=O)Nc1ccc(Cl)cc12. The van der Waals surface area contributed by atoms with Crippen molar-refractivity contribution in [2.24, 2.45) is 5.92 Å². The van der Waals surface area contributed by atoms with Crippen LogP contribution in [0, 0.1) is 5.92 Å². The summed E-state index contributed by atoms with van der Waals surface area (Å²) in [5.74, 6) is -1.04. The van der Waals surface area contributed by atoms with E-state index < -0.39 is 31.6 Å². The van der Waals surface area contributed by atoms with Gasteiger partial charge >= 0.3 is 0 Å². The van der Waals surface area contributed by atoms with Gasteiger partial charge in [0.15, 0.2) is 5.60 Å². The maximum atomic E-state index is 15.8. The fraction of sp³-hybridized carbons (Fsp3) is 0.462. The summed E-state index contributed by atoms with van der Waals surface area (Å²) < 4.78 is 22.3. The molecule has 2 N–H and O–H groups in total. The van der Waals surface area contributed by atoms with Crippen molar-refractivity contribution in [1.82, 2.24) is 4.90 Å². The van der Waals surface area contributed by atoms with Crippen LogP contribution in [0.4, 0.5) is 9.80 Å². The third-order valence-electron chi connectivity index (χ3n) is 7.94. The van der Waals surface area contributed by atoms with E-state index in [2.05, 4.69) is 5.32 Å². The number of anilines is 1. The van der Waals surface area contributed by atoms with E-state index in [0.717, 1.165) is 11.1 Å². The highest BCUT2D eigenvalue weighted by atomic mass is 35.5. The average Bonchev–Trinajstić information content (AvgIpc) is 3.26. The van der Waals surface area contributed by atoms with Gasteiger partial charge in [0, 0.05) is 34.3 Å². The van der Waals surface area contributed by atoms with Gasteiger partial charge in [-0.2, -0.15) is 0 Å². The molecule has 186 valence electrons. The first-order valence-corrected chi connectivity index (χ1v) is 15.3. The summed E-state index contributed by atoms with van der Waals surface area (Å²) in [6, 6.07) is 12.6. The van der Waals surface area contributed by atoms with Crippen molar-refractivity contribution in [3.63, 3.8) is 0 Å². The third-order valence-corrected chi connectivity index (χ3v) is 10.6. The molecule has 2 amide bonds. The first-order valence-electron chi connectivity index (χ1n) is 12.0. The Morgan fingerprint density at radius 1 is 1.29 bits per heavy atom. The number of fused-ring (bicyclic) bond motifs is 3. The molecule has 1 saturated heterocycles. The molecule has 0 radical (unpaired) electrons. The Bertz CT molecular complexity index is 1190. The molecule has 6 nitrogen and oxygen atoms in total. The fourth-order valence-electron chi connectivity index (χ4n) is 6.37. The molecule has 3 aliphatic rings. The zero-order valence-electron chi connectivity index (χ0n) is 20.1. The number of aliphatic hydroxyl groups is 1. The number of hydrogen-bond donors (Lipinski definition) is 2. The van der Waals surface area contributed by atoms with Crippen molar-refractivity contribution in [2.45, 2.75) is 62.7 Å². The lowest BCUT2D eigenvalue weighted by atomic mass is 9.82. The number of nitrogens with zero attached hydrogens (tertiary/aromatic N) is 1. The number of nitrogens with one attached hydrogen (secondary N) is 1. The number of carbonyl (C=O) groups excluding carboxylic acids is 2. The number of hydrogen-bond acceptors (Lipinski definition) is 4. The number of rotatable bonds is 4. The number of benzene rings is 2. The van der Waals surface area contributed by atoms with Crippen LogP contribution in [0.1, 0.15) is 30.0 Å². The maximum Gasteiger partial charge on any atom is 0.261 e. The molecule has 3 heterocycles. The molecule has 1 fully saturated rings. The Morgan fingerprint density at radius 3 is 2.69 bits per heavy atom. The van der Waals surface area contributed by atoms with Crippen LogP contribution in [0.25, 0.3) is 0 Å². The molecular formula is C26H30ClFN2O4Si. The molecule has 5 atom stereocenters. The molecule has 5 rings (SSSR count). The van der Waals surface area contributed by atoms with Crippen molar-refractivity contribution >= 4 is 37.5 Å². The molecule has 2 aromatic carbocycles. The summed E-state index contributed by atoms with van der Waals surface area (Å²) in [4.78, 5) is 28.6. The quantitative estimate of drug-likeness (QED) is 0.466. The molecule has 0 unspecified atom stereocenters. The molecule has 0 saturated carbocycles. The van der Waals surface area contributed by atoms with Crippen LogP contribution >= 0.6 is 11.6 Å². The van der Waals surface area contributed by atoms with E-state index >= 15 is 4.11 Å². The number of halogens is 2. The van der Waals surface area contributed by atoms with E-state index in [4.69, 9.17) is 16.3 Å². The number of amides is 2. The number of aliphatic hydroxyl groups excluding tert-OH is 1. The molecule has 2 aromatic rings. The van der Waals surface area contributed by atoms with Gasteiger partial charge in [0.2, 0.25) is 14.3 Å². The lowest BCUT2D eigenvalue weighted by Gasteiger charge is -2.37. The molecule has 0 aliphatic carbocycles. The summed E-state index contributed by atoms with van der Waals surface area (Å²) in [6.07, 6.45) is -0.263. The van der Waals surface area contributed by atoms with Gasteiger partial charge in [-0.3, -0.25) is 9.59 Å². The number of ether oxygens (including phenoxy) is 1. The van der Waals surface area contributed by atoms with Crippen LogP contribution in [0.2, 0.25) is 23.7 Å². The Balaban J connectivity index is 1.47. The van der Waals surface area contributed by atoms with Gasteiger partial charge < -0.3 is 24.2 Å². The van der Waals surface area contributed by atoms with Gasteiger partial charge in [0.1, 0.15) is 0 Å². The zero-order valence-corrected chi connectivity index (χ0v) is 21.8. The van der Waals surface area contributed by atoms with Crippen LogP contribution < -0.4 is 5.32 Å². The monoisotopic (exact) mass is 516 g/mol. The lowest BCUT2D eigenvalue weighted by molar-refractivity contribution is -0.149. The summed E-state index contributed by atoms with van der Waals surface area (Å²) in [5.41, 5.74) is 1.39. The topological polar surface area (TPSA) is 78.9 Å². The lowest BCUT2D eigenvalue weighted by Crippen LogP contribution is -2.48. The average molecular weight is 517 g/mol. The van der Waals surface area contributed by atoms with E-state index in [0.29, 0.717) is 29.2 Å². The summed E-state index contributed by atoms with van der Waals surface area (Å²) in [5, 5.41) is 13.3. The Hall–Kier alpha value is -2.26. The van der Waals surface area contributed by atoms with E-state index in [9.17, 15) is 14.7 Å². The summed E-state index contributed by atoms with van der Waals surface area (Å²) in [7, 11) is -3.37. The molecule has 1 spiro atoms.